The smallest absolute Gasteiger partial charge is 0.462 e. The van der Waals surface area contributed by atoms with Crippen LogP contribution in [0.4, 0.5) is 0 Å². The summed E-state index contributed by atoms with van der Waals surface area (Å²) in [7, 11) is -2.68. The molecule has 56 heavy (non-hydrogen) atoms. The molecule has 10 heteroatoms. The molecule has 0 fully saturated rings. The van der Waals surface area contributed by atoms with Crippen molar-refractivity contribution < 1.29 is 37.6 Å². The van der Waals surface area contributed by atoms with Crippen molar-refractivity contribution >= 4 is 19.8 Å². The molecule has 9 nitrogen and oxygen atoms in total. The Hall–Kier alpha value is -1.25. The highest BCUT2D eigenvalue weighted by atomic mass is 31.2. The molecule has 0 aliphatic carbocycles. The van der Waals surface area contributed by atoms with E-state index in [2.05, 4.69) is 73.7 Å². The minimum atomic E-state index is -4.38. The number of hydrogen-bond donors (Lipinski definition) is 2. The fourth-order valence-corrected chi connectivity index (χ4v) is 7.85. The maximum Gasteiger partial charge on any atom is 0.472 e. The lowest BCUT2D eigenvalue weighted by molar-refractivity contribution is -0.162. The van der Waals surface area contributed by atoms with Gasteiger partial charge in [-0.25, -0.2) is 4.57 Å². The zero-order valence-corrected chi connectivity index (χ0v) is 39.1. The summed E-state index contributed by atoms with van der Waals surface area (Å²) in [5, 5.41) is 2.83. The van der Waals surface area contributed by atoms with Gasteiger partial charge >= 0.3 is 19.8 Å². The number of ether oxygens (including phenoxy) is 2. The van der Waals surface area contributed by atoms with E-state index < -0.39 is 26.5 Å². The Bertz CT molecular complexity index is 1070. The number of hydrogen-bond acceptors (Lipinski definition) is 8. The fourth-order valence-electron chi connectivity index (χ4n) is 7.10. The number of nitrogens with one attached hydrogen (secondary N) is 1. The third kappa shape index (κ3) is 34.8. The highest BCUT2D eigenvalue weighted by molar-refractivity contribution is 7.47. The average molecular weight is 816 g/mol. The molecule has 0 aromatic carbocycles. The van der Waals surface area contributed by atoms with Gasteiger partial charge in [-0.2, -0.15) is 0 Å². The van der Waals surface area contributed by atoms with Crippen LogP contribution in [0, 0.1) is 41.4 Å². The van der Waals surface area contributed by atoms with E-state index in [9.17, 15) is 19.0 Å². The van der Waals surface area contributed by atoms with Crippen molar-refractivity contribution in [1.82, 2.24) is 5.32 Å². The lowest BCUT2D eigenvalue weighted by Crippen LogP contribution is -2.30. The number of carbonyl (C=O) groups excluding carboxylic acids is 2. The Morgan fingerprint density at radius 1 is 0.625 bits per heavy atom. The number of likely N-dealkylation sites (N-methyl/N-ethyl adjacent to an activating group) is 1. The summed E-state index contributed by atoms with van der Waals surface area (Å²) in [5.74, 6) is 3.22. The van der Waals surface area contributed by atoms with Crippen LogP contribution in [0.3, 0.4) is 0 Å². The predicted octanol–water partition coefficient (Wildman–Crippen LogP) is 12.6. The van der Waals surface area contributed by atoms with Crippen LogP contribution >= 0.6 is 7.82 Å². The summed E-state index contributed by atoms with van der Waals surface area (Å²) in [5.41, 5.74) is 1.39. The van der Waals surface area contributed by atoms with Gasteiger partial charge in [0.2, 0.25) is 0 Å². The first-order valence-corrected chi connectivity index (χ1v) is 24.2. The quantitative estimate of drug-likeness (QED) is 0.0273. The largest absolute Gasteiger partial charge is 0.472 e. The minimum absolute atomic E-state index is 0.0266. The fraction of sp³-hybridized carbons (Fsp3) is 0.913. The van der Waals surface area contributed by atoms with Gasteiger partial charge in [-0.1, -0.05) is 157 Å². The van der Waals surface area contributed by atoms with Crippen LogP contribution in [0.15, 0.2) is 11.6 Å². The van der Waals surface area contributed by atoms with Gasteiger partial charge < -0.3 is 19.7 Å². The van der Waals surface area contributed by atoms with Crippen molar-refractivity contribution in [2.24, 2.45) is 41.4 Å². The average Bonchev–Trinajstić information content (AvgIpc) is 3.09. The zero-order chi connectivity index (χ0) is 42.4. The van der Waals surface area contributed by atoms with Gasteiger partial charge in [0.1, 0.15) is 6.61 Å². The second-order valence-electron chi connectivity index (χ2n) is 18.5. The molecule has 2 N–H and O–H groups in total. The molecule has 0 saturated heterocycles. The van der Waals surface area contributed by atoms with Crippen LogP contribution in [0.5, 0.6) is 0 Å². The summed E-state index contributed by atoms with van der Waals surface area (Å²) in [6.45, 7) is 22.2. The van der Waals surface area contributed by atoms with Crippen molar-refractivity contribution in [2.75, 3.05) is 33.4 Å². The minimum Gasteiger partial charge on any atom is -0.462 e. The van der Waals surface area contributed by atoms with Crippen molar-refractivity contribution in [3.8, 4) is 0 Å². The standard InChI is InChI=1S/C46H90NO8P/c1-36(2)18-12-20-38(5)22-14-24-40(7)26-16-28-42(9)32-45(48)52-34-44(35-54-56(50,51)53-31-30-47-11)55-46(49)33-43(10)29-17-27-41(8)25-15-23-39(6)21-13-19-37(3)4/h27,36-40,42-44,47H,12-26,28-35H2,1-11H3,(H,50,51)/b41-27+. The van der Waals surface area contributed by atoms with Crippen molar-refractivity contribution in [1.29, 1.82) is 0 Å². The number of phosphoric acid groups is 1. The van der Waals surface area contributed by atoms with Crippen LogP contribution in [0.1, 0.15) is 191 Å². The van der Waals surface area contributed by atoms with E-state index in [1.165, 1.54) is 76.2 Å². The van der Waals surface area contributed by atoms with E-state index >= 15 is 0 Å². The van der Waals surface area contributed by atoms with E-state index in [4.69, 9.17) is 18.5 Å². The maximum atomic E-state index is 13.0. The van der Waals surface area contributed by atoms with E-state index in [-0.39, 0.29) is 43.9 Å². The molecule has 0 aliphatic rings. The number of carbonyl (C=O) groups is 2. The normalized spacial score (nSPS) is 16.6. The van der Waals surface area contributed by atoms with Gasteiger partial charge in [-0.05, 0) is 81.1 Å². The molecule has 7 unspecified atom stereocenters. The number of esters is 2. The molecule has 0 saturated carbocycles. The summed E-state index contributed by atoms with van der Waals surface area (Å²) in [6, 6.07) is 0. The lowest BCUT2D eigenvalue weighted by Gasteiger charge is -2.21. The first kappa shape index (κ1) is 54.8. The molecule has 0 bridgehead atoms. The molecule has 0 spiro atoms. The van der Waals surface area contributed by atoms with Gasteiger partial charge in [0.05, 0.1) is 13.2 Å². The molecule has 0 amide bonds. The SMILES string of the molecule is CNCCOP(=O)(O)OCC(COC(=O)CC(C)CCCC(C)CCCC(C)CCCC(C)C)OC(=O)CC(C)CC/C=C(\C)CCCC(C)CCCC(C)C. The number of phosphoric ester groups is 1. The Balaban J connectivity index is 4.77. The van der Waals surface area contributed by atoms with Crippen molar-refractivity contribution in [3.63, 3.8) is 0 Å². The van der Waals surface area contributed by atoms with E-state index in [1.54, 1.807) is 7.05 Å². The molecule has 0 radical (unpaired) electrons. The van der Waals surface area contributed by atoms with Crippen molar-refractivity contribution in [3.05, 3.63) is 11.6 Å². The molecule has 0 rings (SSSR count). The molecule has 332 valence electrons. The molecule has 7 atom stereocenters. The lowest BCUT2D eigenvalue weighted by atomic mass is 9.91. The molecule has 0 heterocycles. The number of rotatable bonds is 37. The predicted molar refractivity (Wildman–Crippen MR) is 233 cm³/mol. The Morgan fingerprint density at radius 2 is 1.09 bits per heavy atom. The second-order valence-corrected chi connectivity index (χ2v) is 19.9. The van der Waals surface area contributed by atoms with Crippen LogP contribution in [0.2, 0.25) is 0 Å². The molecular formula is C46H90NO8P. The topological polar surface area (TPSA) is 120 Å². The van der Waals surface area contributed by atoms with Crippen LogP contribution < -0.4 is 5.32 Å². The monoisotopic (exact) mass is 816 g/mol. The summed E-state index contributed by atoms with van der Waals surface area (Å²) >= 11 is 0. The molecule has 0 aliphatic heterocycles. The van der Waals surface area contributed by atoms with Crippen LogP contribution in [-0.2, 0) is 32.7 Å². The van der Waals surface area contributed by atoms with Gasteiger partial charge in [0, 0.05) is 19.4 Å². The van der Waals surface area contributed by atoms with Crippen LogP contribution in [0.25, 0.3) is 0 Å². The molecule has 0 aromatic rings. The van der Waals surface area contributed by atoms with E-state index in [1.807, 2.05) is 6.92 Å². The third-order valence-electron chi connectivity index (χ3n) is 11.0. The highest BCUT2D eigenvalue weighted by Gasteiger charge is 2.27. The molecule has 0 aromatic heterocycles. The maximum absolute atomic E-state index is 13.0. The summed E-state index contributed by atoms with van der Waals surface area (Å²) < 4.78 is 33.7. The van der Waals surface area contributed by atoms with E-state index in [0.717, 1.165) is 62.2 Å². The second kappa shape index (κ2) is 33.6. The Labute approximate surface area is 345 Å². The van der Waals surface area contributed by atoms with Gasteiger partial charge in [0.25, 0.3) is 0 Å². The first-order valence-electron chi connectivity index (χ1n) is 22.7. The first-order chi connectivity index (χ1) is 26.4. The van der Waals surface area contributed by atoms with Crippen LogP contribution in [-0.4, -0.2) is 56.3 Å². The van der Waals surface area contributed by atoms with Gasteiger partial charge in [-0.15, -0.1) is 0 Å². The number of allylic oxidation sites excluding steroid dienone is 2. The van der Waals surface area contributed by atoms with Crippen molar-refractivity contribution in [2.45, 2.75) is 197 Å². The van der Waals surface area contributed by atoms with Gasteiger partial charge in [-0.3, -0.25) is 18.6 Å². The van der Waals surface area contributed by atoms with E-state index in [0.29, 0.717) is 12.5 Å². The summed E-state index contributed by atoms with van der Waals surface area (Å²) in [6.07, 6.45) is 21.9. The highest BCUT2D eigenvalue weighted by Crippen LogP contribution is 2.43. The third-order valence-corrected chi connectivity index (χ3v) is 11.9. The molecular weight excluding hydrogens is 725 g/mol. The summed E-state index contributed by atoms with van der Waals surface area (Å²) in [4.78, 5) is 35.9. The Kier molecular flexibility index (Phi) is 32.8. The zero-order valence-electron chi connectivity index (χ0n) is 38.2. The van der Waals surface area contributed by atoms with Gasteiger partial charge in [0.15, 0.2) is 6.10 Å². The Morgan fingerprint density at radius 3 is 1.61 bits per heavy atom.